The van der Waals surface area contributed by atoms with Crippen molar-refractivity contribution >= 4 is 0 Å². The van der Waals surface area contributed by atoms with Crippen LogP contribution in [0.1, 0.15) is 70.3 Å². The Morgan fingerprint density at radius 1 is 0.926 bits per heavy atom. The minimum atomic E-state index is 0.714. The van der Waals surface area contributed by atoms with E-state index in [1.54, 1.807) is 0 Å². The molecule has 0 atom stereocenters. The van der Waals surface area contributed by atoms with Crippen molar-refractivity contribution in [3.05, 3.63) is 54.6 Å². The lowest BCUT2D eigenvalue weighted by atomic mass is 9.90. The standard InChI is InChI=1S/C25H34NO/c1-2-3-4-5-7-10-21-13-18-25(26-19-21)23-14-16-24(17-15-23)27-20-22-11-8-6-9-12-22/h6,13-19,22H,2-5,7-12,20H2,1H3. The molecule has 1 saturated carbocycles. The van der Waals surface area contributed by atoms with E-state index < -0.39 is 0 Å². The lowest BCUT2D eigenvalue weighted by Gasteiger charge is -2.21. The number of aromatic nitrogens is 1. The molecule has 1 heterocycles. The molecule has 1 aliphatic rings. The van der Waals surface area contributed by atoms with Gasteiger partial charge in [0.15, 0.2) is 0 Å². The number of benzene rings is 1. The van der Waals surface area contributed by atoms with Gasteiger partial charge in [-0.25, -0.2) is 0 Å². The number of hydrogen-bond donors (Lipinski definition) is 0. The average molecular weight is 365 g/mol. The van der Waals surface area contributed by atoms with E-state index in [1.807, 2.05) is 6.20 Å². The summed E-state index contributed by atoms with van der Waals surface area (Å²) >= 11 is 0. The second-order valence-corrected chi connectivity index (χ2v) is 7.86. The Balaban J connectivity index is 1.46. The Bertz CT molecular complexity index is 641. The maximum atomic E-state index is 5.99. The molecule has 27 heavy (non-hydrogen) atoms. The van der Waals surface area contributed by atoms with Gasteiger partial charge in [0.05, 0.1) is 12.3 Å². The van der Waals surface area contributed by atoms with Crippen molar-refractivity contribution < 1.29 is 4.74 Å². The fourth-order valence-electron chi connectivity index (χ4n) is 3.77. The highest BCUT2D eigenvalue weighted by Crippen LogP contribution is 2.25. The number of unbranched alkanes of at least 4 members (excludes halogenated alkanes) is 4. The van der Waals surface area contributed by atoms with E-state index in [-0.39, 0.29) is 0 Å². The number of hydrogen-bond acceptors (Lipinski definition) is 2. The normalized spacial score (nSPS) is 15.0. The molecule has 0 spiro atoms. The van der Waals surface area contributed by atoms with Gasteiger partial charge in [-0.15, -0.1) is 0 Å². The third-order valence-electron chi connectivity index (χ3n) is 5.59. The number of nitrogens with zero attached hydrogens (tertiary/aromatic N) is 1. The Labute approximate surface area is 165 Å². The van der Waals surface area contributed by atoms with Gasteiger partial charge in [0.25, 0.3) is 0 Å². The van der Waals surface area contributed by atoms with E-state index in [0.717, 1.165) is 30.0 Å². The molecule has 145 valence electrons. The SMILES string of the molecule is CCCCCCCc1ccc(-c2ccc(OCC3CC[CH]CC3)cc2)nc1. The molecule has 0 saturated heterocycles. The van der Waals surface area contributed by atoms with Gasteiger partial charge in [-0.3, -0.25) is 4.98 Å². The van der Waals surface area contributed by atoms with Crippen LogP contribution >= 0.6 is 0 Å². The summed E-state index contributed by atoms with van der Waals surface area (Å²) in [6, 6.07) is 12.8. The van der Waals surface area contributed by atoms with Gasteiger partial charge in [-0.1, -0.05) is 38.7 Å². The summed E-state index contributed by atoms with van der Waals surface area (Å²) in [5, 5.41) is 0. The first-order valence-corrected chi connectivity index (χ1v) is 10.8. The molecule has 1 aromatic carbocycles. The molecule has 1 radical (unpaired) electrons. The first-order valence-electron chi connectivity index (χ1n) is 10.8. The summed E-state index contributed by atoms with van der Waals surface area (Å²) in [7, 11) is 0. The molecule has 1 aromatic heterocycles. The van der Waals surface area contributed by atoms with Crippen LogP contribution in [0.5, 0.6) is 5.75 Å². The Hall–Kier alpha value is -1.83. The smallest absolute Gasteiger partial charge is 0.119 e. The van der Waals surface area contributed by atoms with Crippen LogP contribution in [0.3, 0.4) is 0 Å². The first kappa shape index (κ1) is 19.9. The van der Waals surface area contributed by atoms with Gasteiger partial charge in [-0.05, 0) is 86.8 Å². The van der Waals surface area contributed by atoms with Crippen molar-refractivity contribution in [3.8, 4) is 17.0 Å². The molecule has 0 bridgehead atoms. The summed E-state index contributed by atoms with van der Waals surface area (Å²) in [5.41, 5.74) is 3.54. The summed E-state index contributed by atoms with van der Waals surface area (Å²) < 4.78 is 5.99. The largest absolute Gasteiger partial charge is 0.493 e. The molecule has 1 aliphatic carbocycles. The third-order valence-corrected chi connectivity index (χ3v) is 5.59. The first-order chi connectivity index (χ1) is 13.3. The van der Waals surface area contributed by atoms with Crippen molar-refractivity contribution in [2.24, 2.45) is 5.92 Å². The van der Waals surface area contributed by atoms with E-state index in [4.69, 9.17) is 4.74 Å². The van der Waals surface area contributed by atoms with Crippen LogP contribution in [-0.4, -0.2) is 11.6 Å². The molecule has 0 aliphatic heterocycles. The fourth-order valence-corrected chi connectivity index (χ4v) is 3.77. The Morgan fingerprint density at radius 3 is 2.41 bits per heavy atom. The monoisotopic (exact) mass is 364 g/mol. The van der Waals surface area contributed by atoms with E-state index in [1.165, 1.54) is 63.4 Å². The van der Waals surface area contributed by atoms with E-state index >= 15 is 0 Å². The van der Waals surface area contributed by atoms with Gasteiger partial charge >= 0.3 is 0 Å². The van der Waals surface area contributed by atoms with Gasteiger partial charge in [0.1, 0.15) is 5.75 Å². The van der Waals surface area contributed by atoms with Crippen LogP contribution in [0.2, 0.25) is 0 Å². The maximum Gasteiger partial charge on any atom is 0.119 e. The van der Waals surface area contributed by atoms with Crippen LogP contribution in [-0.2, 0) is 6.42 Å². The summed E-state index contributed by atoms with van der Waals surface area (Å²) in [4.78, 5) is 4.67. The lowest BCUT2D eigenvalue weighted by molar-refractivity contribution is 0.221. The zero-order valence-electron chi connectivity index (χ0n) is 16.8. The number of ether oxygens (including phenoxy) is 1. The van der Waals surface area contributed by atoms with Gasteiger partial charge < -0.3 is 4.74 Å². The van der Waals surface area contributed by atoms with Crippen molar-refractivity contribution in [2.75, 3.05) is 6.61 Å². The van der Waals surface area contributed by atoms with E-state index in [2.05, 4.69) is 54.7 Å². The van der Waals surface area contributed by atoms with Crippen molar-refractivity contribution in [3.63, 3.8) is 0 Å². The van der Waals surface area contributed by atoms with Gasteiger partial charge in [0, 0.05) is 11.8 Å². The molecule has 3 rings (SSSR count). The molecule has 0 N–H and O–H groups in total. The van der Waals surface area contributed by atoms with Crippen LogP contribution < -0.4 is 4.74 Å². The second kappa shape index (κ2) is 11.1. The minimum Gasteiger partial charge on any atom is -0.493 e. The quantitative estimate of drug-likeness (QED) is 0.422. The minimum absolute atomic E-state index is 0.714. The molecule has 0 amide bonds. The second-order valence-electron chi connectivity index (χ2n) is 7.86. The van der Waals surface area contributed by atoms with E-state index in [0.29, 0.717) is 5.92 Å². The number of aryl methyl sites for hydroxylation is 1. The molecular formula is C25H34NO. The summed E-state index contributed by atoms with van der Waals surface area (Å²) in [5.74, 6) is 1.68. The zero-order valence-corrected chi connectivity index (χ0v) is 16.8. The third kappa shape index (κ3) is 6.68. The molecule has 0 unspecified atom stereocenters. The van der Waals surface area contributed by atoms with Crippen molar-refractivity contribution in [1.29, 1.82) is 0 Å². The Morgan fingerprint density at radius 2 is 1.70 bits per heavy atom. The predicted molar refractivity (Wildman–Crippen MR) is 114 cm³/mol. The van der Waals surface area contributed by atoms with Crippen LogP contribution in [0.25, 0.3) is 11.3 Å². The average Bonchev–Trinajstić information content (AvgIpc) is 2.74. The van der Waals surface area contributed by atoms with E-state index in [9.17, 15) is 0 Å². The predicted octanol–water partition coefficient (Wildman–Crippen LogP) is 7.03. The van der Waals surface area contributed by atoms with Gasteiger partial charge in [0.2, 0.25) is 0 Å². The molecule has 2 aromatic rings. The summed E-state index contributed by atoms with van der Waals surface area (Å²) in [6.07, 6.45) is 17.2. The highest BCUT2D eigenvalue weighted by Gasteiger charge is 2.14. The molecular weight excluding hydrogens is 330 g/mol. The summed E-state index contributed by atoms with van der Waals surface area (Å²) in [6.45, 7) is 3.11. The van der Waals surface area contributed by atoms with Crippen molar-refractivity contribution in [2.45, 2.75) is 71.1 Å². The maximum absolute atomic E-state index is 5.99. The molecule has 2 heteroatoms. The highest BCUT2D eigenvalue weighted by atomic mass is 16.5. The topological polar surface area (TPSA) is 22.1 Å². The molecule has 2 nitrogen and oxygen atoms in total. The Kier molecular flexibility index (Phi) is 8.20. The van der Waals surface area contributed by atoms with Crippen LogP contribution in [0.15, 0.2) is 42.6 Å². The fraction of sp³-hybridized carbons (Fsp3) is 0.520. The van der Waals surface area contributed by atoms with Crippen LogP contribution in [0.4, 0.5) is 0 Å². The molecule has 1 fully saturated rings. The van der Waals surface area contributed by atoms with Crippen LogP contribution in [0, 0.1) is 12.3 Å². The number of rotatable bonds is 10. The lowest BCUT2D eigenvalue weighted by Crippen LogP contribution is -2.15. The number of pyridine rings is 1. The van der Waals surface area contributed by atoms with Crippen molar-refractivity contribution in [1.82, 2.24) is 4.98 Å². The zero-order chi connectivity index (χ0) is 18.7. The highest BCUT2D eigenvalue weighted by molar-refractivity contribution is 5.60. The van der Waals surface area contributed by atoms with Gasteiger partial charge in [-0.2, -0.15) is 0 Å².